The zero-order valence-corrected chi connectivity index (χ0v) is 25.9. The summed E-state index contributed by atoms with van der Waals surface area (Å²) >= 11 is 0. The highest BCUT2D eigenvalue weighted by Gasteiger charge is 2.47. The number of aryl methyl sites for hydroxylation is 1. The minimum atomic E-state index is -0.126. The van der Waals surface area contributed by atoms with Crippen molar-refractivity contribution in [2.24, 2.45) is 24.6 Å². The predicted molar refractivity (Wildman–Crippen MR) is 178 cm³/mol. The van der Waals surface area contributed by atoms with E-state index in [0.29, 0.717) is 29.7 Å². The Balaban J connectivity index is 1.15. The fourth-order valence-corrected chi connectivity index (χ4v) is 7.79. The van der Waals surface area contributed by atoms with Gasteiger partial charge in [-0.1, -0.05) is 12.1 Å². The van der Waals surface area contributed by atoms with Crippen molar-refractivity contribution in [3.8, 4) is 28.5 Å². The molecule has 232 valence electrons. The van der Waals surface area contributed by atoms with Crippen molar-refractivity contribution < 1.29 is 9.53 Å². The van der Waals surface area contributed by atoms with Gasteiger partial charge in [-0.2, -0.15) is 0 Å². The number of aromatic amines is 1. The number of pyridine rings is 2. The highest BCUT2D eigenvalue weighted by atomic mass is 16.5. The average Bonchev–Trinajstić information content (AvgIpc) is 3.47. The number of ether oxygens (including phenoxy) is 1. The highest BCUT2D eigenvalue weighted by Crippen LogP contribution is 2.40. The normalized spacial score (nSPS) is 20.8. The quantitative estimate of drug-likeness (QED) is 0.270. The fraction of sp³-hybridized carbons (Fsp3) is 0.333. The first-order valence-corrected chi connectivity index (χ1v) is 16.1. The van der Waals surface area contributed by atoms with Crippen LogP contribution in [0.3, 0.4) is 0 Å². The summed E-state index contributed by atoms with van der Waals surface area (Å²) < 4.78 is 10.2. The minimum absolute atomic E-state index is 0.00704. The lowest BCUT2D eigenvalue weighted by atomic mass is 10.1. The second kappa shape index (κ2) is 10.0. The maximum Gasteiger partial charge on any atom is 0.254 e. The lowest BCUT2D eigenvalue weighted by Gasteiger charge is -2.27. The molecule has 1 aliphatic heterocycles. The fourth-order valence-electron chi connectivity index (χ4n) is 7.79. The Bertz CT molecular complexity index is 2280. The molecule has 3 fully saturated rings. The summed E-state index contributed by atoms with van der Waals surface area (Å²) in [5.41, 5.74) is 12.9. The van der Waals surface area contributed by atoms with Crippen LogP contribution in [0, 0.1) is 11.8 Å². The van der Waals surface area contributed by atoms with Crippen LogP contribution in [0.1, 0.15) is 36.0 Å². The average molecular weight is 614 g/mol. The molecule has 2 bridgehead atoms. The second-order valence-corrected chi connectivity index (χ2v) is 13.3. The summed E-state index contributed by atoms with van der Waals surface area (Å²) in [6, 6.07) is 19.6. The summed E-state index contributed by atoms with van der Waals surface area (Å²) in [5.74, 6) is 2.39. The Kier molecular flexibility index (Phi) is 5.96. The summed E-state index contributed by atoms with van der Waals surface area (Å²) in [6.45, 7) is 1.56. The van der Waals surface area contributed by atoms with E-state index in [1.165, 1.54) is 12.8 Å². The van der Waals surface area contributed by atoms with Crippen LogP contribution < -0.4 is 16.0 Å². The lowest BCUT2D eigenvalue weighted by Crippen LogP contribution is -2.41. The third kappa shape index (κ3) is 4.20. The Morgan fingerprint density at radius 3 is 2.59 bits per heavy atom. The van der Waals surface area contributed by atoms with Crippen molar-refractivity contribution in [3.05, 3.63) is 76.6 Å². The first-order valence-electron chi connectivity index (χ1n) is 16.1. The van der Waals surface area contributed by atoms with Gasteiger partial charge in [0, 0.05) is 60.3 Å². The number of hydrogen-bond donors (Lipinski definition) is 2. The van der Waals surface area contributed by atoms with Gasteiger partial charge in [-0.3, -0.25) is 9.59 Å². The Morgan fingerprint density at radius 2 is 1.83 bits per heavy atom. The van der Waals surface area contributed by atoms with Crippen molar-refractivity contribution in [1.82, 2.24) is 29.0 Å². The van der Waals surface area contributed by atoms with Crippen molar-refractivity contribution in [2.45, 2.75) is 44.3 Å². The van der Waals surface area contributed by atoms with E-state index in [-0.39, 0.29) is 23.6 Å². The van der Waals surface area contributed by atoms with Crippen LogP contribution in [0.4, 0.5) is 0 Å². The molecular weight excluding hydrogens is 578 g/mol. The molecule has 46 heavy (non-hydrogen) atoms. The SMILES string of the molecule is COc1cc(C(=O)N2C[C@H]3CC[C@@H]2[C@@H]3N)cc2nc(-c3cc4ccc(-c5ccc6ccc(=O)[nH]c6c5)nc4n3CC3CC3)n(C)c12. The first kappa shape index (κ1) is 27.4. The van der Waals surface area contributed by atoms with Gasteiger partial charge >= 0.3 is 0 Å². The van der Waals surface area contributed by atoms with E-state index in [9.17, 15) is 9.59 Å². The first-order chi connectivity index (χ1) is 22.4. The van der Waals surface area contributed by atoms with Gasteiger partial charge in [0.25, 0.3) is 5.91 Å². The lowest BCUT2D eigenvalue weighted by molar-refractivity contribution is 0.0700. The minimum Gasteiger partial charge on any atom is -0.494 e. The van der Waals surface area contributed by atoms with Crippen LogP contribution in [0.15, 0.2) is 65.5 Å². The number of likely N-dealkylation sites (tertiary alicyclic amines) is 1. The number of H-pyrrole nitrogens is 1. The number of benzene rings is 2. The number of piperidine rings is 1. The van der Waals surface area contributed by atoms with E-state index >= 15 is 0 Å². The van der Waals surface area contributed by atoms with Gasteiger partial charge in [0.1, 0.15) is 16.9 Å². The van der Waals surface area contributed by atoms with Crippen molar-refractivity contribution in [2.75, 3.05) is 13.7 Å². The summed E-state index contributed by atoms with van der Waals surface area (Å²) in [7, 11) is 3.64. The van der Waals surface area contributed by atoms with Gasteiger partial charge in [-0.15, -0.1) is 0 Å². The molecule has 4 aromatic heterocycles. The van der Waals surface area contributed by atoms with E-state index in [0.717, 1.165) is 75.1 Å². The Labute approximate surface area is 264 Å². The third-order valence-electron chi connectivity index (χ3n) is 10.4. The number of rotatable bonds is 6. The molecule has 6 aromatic rings. The monoisotopic (exact) mass is 613 g/mol. The largest absolute Gasteiger partial charge is 0.494 e. The van der Waals surface area contributed by atoms with E-state index in [2.05, 4.69) is 26.3 Å². The molecule has 3 N–H and O–H groups in total. The number of methoxy groups -OCH3 is 1. The summed E-state index contributed by atoms with van der Waals surface area (Å²) in [6.07, 6.45) is 4.45. The van der Waals surface area contributed by atoms with E-state index in [1.807, 2.05) is 54.4 Å². The van der Waals surface area contributed by atoms with Gasteiger partial charge in [0.15, 0.2) is 5.82 Å². The van der Waals surface area contributed by atoms with Gasteiger partial charge in [0.2, 0.25) is 5.56 Å². The molecule has 0 spiro atoms. The van der Waals surface area contributed by atoms with Crippen molar-refractivity contribution in [3.63, 3.8) is 0 Å². The molecular formula is C36H35N7O3. The van der Waals surface area contributed by atoms with Crippen LogP contribution in [0.2, 0.25) is 0 Å². The zero-order valence-electron chi connectivity index (χ0n) is 25.9. The molecule has 9 rings (SSSR count). The predicted octanol–water partition coefficient (Wildman–Crippen LogP) is 5.08. The van der Waals surface area contributed by atoms with Gasteiger partial charge in [-0.05, 0) is 85.4 Å². The molecule has 10 nitrogen and oxygen atoms in total. The molecule has 10 heteroatoms. The molecule has 3 atom stereocenters. The third-order valence-corrected chi connectivity index (χ3v) is 10.4. The van der Waals surface area contributed by atoms with Crippen LogP contribution in [0.5, 0.6) is 5.75 Å². The summed E-state index contributed by atoms with van der Waals surface area (Å²) in [4.78, 5) is 40.9. The number of fused-ring (bicyclic) bond motifs is 5. The highest BCUT2D eigenvalue weighted by molar-refractivity contribution is 6.00. The van der Waals surface area contributed by atoms with Crippen molar-refractivity contribution >= 4 is 38.9 Å². The number of carbonyl (C=O) groups excluding carboxylic acids is 1. The Morgan fingerprint density at radius 1 is 1.00 bits per heavy atom. The molecule has 3 aliphatic rings. The van der Waals surface area contributed by atoms with Crippen LogP contribution in [-0.2, 0) is 13.6 Å². The smallest absolute Gasteiger partial charge is 0.254 e. The van der Waals surface area contributed by atoms with Crippen LogP contribution in [-0.4, -0.2) is 60.6 Å². The molecule has 5 heterocycles. The number of hydrogen-bond acceptors (Lipinski definition) is 6. The Hall–Kier alpha value is -4.96. The standard InChI is InChI=1S/C36H35N7O3/c1-41-33-27(14-24(16-30(33)46-2)36(45)43-18-23-8-11-28(43)32(23)37)40-35(41)29-15-22-7-10-25(39-34(22)42(29)17-19-3-4-19)21-6-5-20-9-12-31(44)38-26(20)13-21/h5-7,9-10,12-16,19,23,28,32H,3-4,8,11,17-18,37H2,1-2H3,(H,38,44)/t23-,28-,32-/m1/s1. The maximum absolute atomic E-state index is 13.7. The number of amides is 1. The van der Waals surface area contributed by atoms with Gasteiger partial charge in [-0.25, -0.2) is 9.97 Å². The maximum atomic E-state index is 13.7. The van der Waals surface area contributed by atoms with Gasteiger partial charge < -0.3 is 29.5 Å². The number of nitrogens with one attached hydrogen (secondary N) is 1. The topological polar surface area (TPSA) is 124 Å². The van der Waals surface area contributed by atoms with Gasteiger partial charge in [0.05, 0.1) is 24.0 Å². The number of nitrogens with two attached hydrogens (primary N) is 1. The summed E-state index contributed by atoms with van der Waals surface area (Å²) in [5, 5.41) is 2.01. The van der Waals surface area contributed by atoms with E-state index < -0.39 is 0 Å². The zero-order chi connectivity index (χ0) is 31.3. The molecule has 2 aliphatic carbocycles. The van der Waals surface area contributed by atoms with Crippen LogP contribution >= 0.6 is 0 Å². The van der Waals surface area contributed by atoms with E-state index in [1.54, 1.807) is 13.2 Å². The molecule has 0 radical (unpaired) electrons. The molecule has 2 aromatic carbocycles. The molecule has 1 saturated heterocycles. The molecule has 0 unspecified atom stereocenters. The molecule has 2 saturated carbocycles. The van der Waals surface area contributed by atoms with Crippen molar-refractivity contribution in [1.29, 1.82) is 0 Å². The molecule has 1 amide bonds. The van der Waals surface area contributed by atoms with Crippen LogP contribution in [0.25, 0.3) is 55.7 Å². The van der Waals surface area contributed by atoms with E-state index in [4.69, 9.17) is 20.4 Å². The number of imidazole rings is 1. The number of carbonyl (C=O) groups is 1. The second-order valence-electron chi connectivity index (χ2n) is 13.3. The number of aromatic nitrogens is 5. The number of nitrogens with zero attached hydrogens (tertiary/aromatic N) is 5.